The average molecular weight is 495 g/mol. The second-order valence-electron chi connectivity index (χ2n) is 8.91. The van der Waals surface area contributed by atoms with Gasteiger partial charge in [0.2, 0.25) is 0 Å². The molecule has 0 radical (unpaired) electrons. The van der Waals surface area contributed by atoms with Crippen LogP contribution < -0.4 is 15.0 Å². The van der Waals surface area contributed by atoms with Crippen molar-refractivity contribution in [2.75, 3.05) is 30.4 Å². The maximum atomic E-state index is 13.3. The summed E-state index contributed by atoms with van der Waals surface area (Å²) in [6, 6.07) is 12.6. The zero-order valence-corrected chi connectivity index (χ0v) is 20.6. The number of carbonyl (C=O) groups is 2. The lowest BCUT2D eigenvalue weighted by Crippen LogP contribution is -2.37. The van der Waals surface area contributed by atoms with Gasteiger partial charge in [0.05, 0.1) is 17.8 Å². The number of urea groups is 1. The Morgan fingerprint density at radius 2 is 1.97 bits per heavy atom. The van der Waals surface area contributed by atoms with Gasteiger partial charge in [-0.2, -0.15) is 0 Å². The highest BCUT2D eigenvalue weighted by Gasteiger charge is 2.35. The highest BCUT2D eigenvalue weighted by Crippen LogP contribution is 2.36. The van der Waals surface area contributed by atoms with Crippen LogP contribution >= 0.6 is 11.6 Å². The SMILES string of the molecule is Cc1nnc([C@H]2CCCN2C(=O)Nc2ccc3c(c2)N(C)C(=O)CO3)n1[C@H](C)c1ccc(Cl)cc1. The molecule has 1 saturated heterocycles. The summed E-state index contributed by atoms with van der Waals surface area (Å²) in [5, 5.41) is 12.5. The van der Waals surface area contributed by atoms with E-state index in [-0.39, 0.29) is 30.6 Å². The zero-order chi connectivity index (χ0) is 24.7. The molecule has 0 spiro atoms. The average Bonchev–Trinajstić information content (AvgIpc) is 3.48. The van der Waals surface area contributed by atoms with Crippen LogP contribution in [-0.2, 0) is 4.79 Å². The number of fused-ring (bicyclic) bond motifs is 1. The van der Waals surface area contributed by atoms with Crippen molar-refractivity contribution in [2.24, 2.45) is 0 Å². The number of hydrogen-bond acceptors (Lipinski definition) is 5. The minimum Gasteiger partial charge on any atom is -0.482 e. The molecule has 3 amide bonds. The predicted molar refractivity (Wildman–Crippen MR) is 133 cm³/mol. The highest BCUT2D eigenvalue weighted by molar-refractivity contribution is 6.30. The van der Waals surface area contributed by atoms with Crippen LogP contribution in [0.2, 0.25) is 5.02 Å². The third-order valence-corrected chi connectivity index (χ3v) is 6.99. The van der Waals surface area contributed by atoms with Crippen LogP contribution in [0.4, 0.5) is 16.2 Å². The molecule has 9 nitrogen and oxygen atoms in total. The molecule has 1 N–H and O–H groups in total. The van der Waals surface area contributed by atoms with Crippen LogP contribution in [0.3, 0.4) is 0 Å². The van der Waals surface area contributed by atoms with Crippen molar-refractivity contribution in [3.05, 3.63) is 64.7 Å². The summed E-state index contributed by atoms with van der Waals surface area (Å²) < 4.78 is 7.58. The molecule has 35 heavy (non-hydrogen) atoms. The second-order valence-corrected chi connectivity index (χ2v) is 9.34. The Bertz CT molecular complexity index is 1270. The fourth-order valence-electron chi connectivity index (χ4n) is 4.81. The second kappa shape index (κ2) is 9.22. The molecule has 10 heteroatoms. The van der Waals surface area contributed by atoms with E-state index in [0.717, 1.165) is 30.1 Å². The summed E-state index contributed by atoms with van der Waals surface area (Å²) >= 11 is 6.07. The van der Waals surface area contributed by atoms with Gasteiger partial charge in [0.1, 0.15) is 11.6 Å². The van der Waals surface area contributed by atoms with Crippen molar-refractivity contribution in [3.8, 4) is 5.75 Å². The van der Waals surface area contributed by atoms with Crippen LogP contribution in [0.5, 0.6) is 5.75 Å². The fraction of sp³-hybridized carbons (Fsp3) is 0.360. The Morgan fingerprint density at radius 3 is 2.74 bits per heavy atom. The Kier molecular flexibility index (Phi) is 6.10. The largest absolute Gasteiger partial charge is 0.482 e. The fourth-order valence-corrected chi connectivity index (χ4v) is 4.93. The summed E-state index contributed by atoms with van der Waals surface area (Å²) in [5.41, 5.74) is 2.31. The van der Waals surface area contributed by atoms with Gasteiger partial charge in [-0.3, -0.25) is 4.79 Å². The predicted octanol–water partition coefficient (Wildman–Crippen LogP) is 4.57. The van der Waals surface area contributed by atoms with Gasteiger partial charge in [-0.25, -0.2) is 4.79 Å². The number of amides is 3. The number of rotatable bonds is 4. The number of halogens is 1. The Labute approximate surface area is 208 Å². The topological polar surface area (TPSA) is 92.6 Å². The van der Waals surface area contributed by atoms with Gasteiger partial charge >= 0.3 is 6.03 Å². The number of anilines is 2. The number of nitrogens with one attached hydrogen (secondary N) is 1. The van der Waals surface area contributed by atoms with E-state index in [4.69, 9.17) is 16.3 Å². The summed E-state index contributed by atoms with van der Waals surface area (Å²) in [5.74, 6) is 2.04. The standard InChI is InChI=1S/C25H27ClN6O3/c1-15(17-6-8-18(26)9-7-17)32-16(2)28-29-24(32)20-5-4-12-31(20)25(34)27-19-10-11-22-21(13-19)30(3)23(33)14-35-22/h6-11,13,15,20H,4-5,12,14H2,1-3H3,(H,27,34)/t15-,20-/m1/s1. The number of benzene rings is 2. The molecule has 0 aliphatic carbocycles. The van der Waals surface area contributed by atoms with Crippen molar-refractivity contribution in [1.29, 1.82) is 0 Å². The van der Waals surface area contributed by atoms with E-state index in [9.17, 15) is 9.59 Å². The smallest absolute Gasteiger partial charge is 0.322 e. The third-order valence-electron chi connectivity index (χ3n) is 6.74. The lowest BCUT2D eigenvalue weighted by Gasteiger charge is -2.28. The molecule has 3 heterocycles. The van der Waals surface area contributed by atoms with Crippen LogP contribution in [0.1, 0.15) is 49.1 Å². The van der Waals surface area contributed by atoms with E-state index in [2.05, 4.69) is 27.0 Å². The monoisotopic (exact) mass is 494 g/mol. The molecule has 0 unspecified atom stereocenters. The van der Waals surface area contributed by atoms with Crippen molar-refractivity contribution in [2.45, 2.75) is 38.8 Å². The van der Waals surface area contributed by atoms with E-state index in [1.54, 1.807) is 30.1 Å². The summed E-state index contributed by atoms with van der Waals surface area (Å²) in [7, 11) is 1.70. The Balaban J connectivity index is 1.38. The van der Waals surface area contributed by atoms with E-state index >= 15 is 0 Å². The van der Waals surface area contributed by atoms with Crippen LogP contribution in [0, 0.1) is 6.92 Å². The molecular formula is C25H27ClN6O3. The normalized spacial score (nSPS) is 18.3. The van der Waals surface area contributed by atoms with Gasteiger partial charge in [0.25, 0.3) is 5.91 Å². The number of likely N-dealkylation sites (tertiary alicyclic amines) is 1. The van der Waals surface area contributed by atoms with Crippen molar-refractivity contribution in [1.82, 2.24) is 19.7 Å². The van der Waals surface area contributed by atoms with Gasteiger partial charge in [-0.05, 0) is 62.6 Å². The molecule has 5 rings (SSSR count). The molecule has 1 fully saturated rings. The van der Waals surface area contributed by atoms with Crippen molar-refractivity contribution < 1.29 is 14.3 Å². The van der Waals surface area contributed by atoms with Gasteiger partial charge in [0.15, 0.2) is 12.4 Å². The number of likely N-dealkylation sites (N-methyl/N-ethyl adjacent to an activating group) is 1. The molecule has 2 aromatic carbocycles. The van der Waals surface area contributed by atoms with E-state index in [0.29, 0.717) is 28.7 Å². The summed E-state index contributed by atoms with van der Waals surface area (Å²) in [4.78, 5) is 28.7. The van der Waals surface area contributed by atoms with Gasteiger partial charge in [0, 0.05) is 24.3 Å². The first-order valence-electron chi connectivity index (χ1n) is 11.6. The lowest BCUT2D eigenvalue weighted by molar-refractivity contribution is -0.120. The molecule has 3 aromatic rings. The number of aromatic nitrogens is 3. The van der Waals surface area contributed by atoms with Gasteiger partial charge < -0.3 is 24.4 Å². The molecule has 182 valence electrons. The molecular weight excluding hydrogens is 468 g/mol. The molecule has 2 aliphatic heterocycles. The molecule has 2 aliphatic rings. The number of nitrogens with zero attached hydrogens (tertiary/aromatic N) is 5. The molecule has 0 bridgehead atoms. The van der Waals surface area contributed by atoms with Gasteiger partial charge in [-0.15, -0.1) is 10.2 Å². The van der Waals surface area contributed by atoms with E-state index < -0.39 is 0 Å². The van der Waals surface area contributed by atoms with Crippen molar-refractivity contribution in [3.63, 3.8) is 0 Å². The first kappa shape index (κ1) is 23.2. The van der Waals surface area contributed by atoms with Crippen LogP contribution in [0.15, 0.2) is 42.5 Å². The minimum absolute atomic E-state index is 0.0131. The Morgan fingerprint density at radius 1 is 1.20 bits per heavy atom. The zero-order valence-electron chi connectivity index (χ0n) is 19.9. The number of carbonyl (C=O) groups excluding carboxylic acids is 2. The summed E-state index contributed by atoms with van der Waals surface area (Å²) in [6.07, 6.45) is 1.67. The lowest BCUT2D eigenvalue weighted by atomic mass is 10.1. The quantitative estimate of drug-likeness (QED) is 0.573. The van der Waals surface area contributed by atoms with Crippen molar-refractivity contribution >= 4 is 34.9 Å². The maximum absolute atomic E-state index is 13.3. The van der Waals surface area contributed by atoms with Gasteiger partial charge in [-0.1, -0.05) is 23.7 Å². The molecule has 2 atom stereocenters. The van der Waals surface area contributed by atoms with E-state index in [1.165, 1.54) is 4.90 Å². The first-order chi connectivity index (χ1) is 16.8. The summed E-state index contributed by atoms with van der Waals surface area (Å²) in [6.45, 7) is 4.65. The van der Waals surface area contributed by atoms with Crippen LogP contribution in [-0.4, -0.2) is 51.8 Å². The first-order valence-corrected chi connectivity index (χ1v) is 12.0. The third kappa shape index (κ3) is 4.32. The highest BCUT2D eigenvalue weighted by atomic mass is 35.5. The Hall–Kier alpha value is -3.59. The number of hydrogen-bond donors (Lipinski definition) is 1. The van der Waals surface area contributed by atoms with Crippen LogP contribution in [0.25, 0.3) is 0 Å². The minimum atomic E-state index is -0.218. The van der Waals surface area contributed by atoms with E-state index in [1.807, 2.05) is 31.2 Å². The number of aryl methyl sites for hydroxylation is 1. The maximum Gasteiger partial charge on any atom is 0.322 e. The molecule has 0 saturated carbocycles. The number of ether oxygens (including phenoxy) is 1. The molecule has 1 aromatic heterocycles.